The smallest absolute Gasteiger partial charge is 0.230 e. The van der Waals surface area contributed by atoms with E-state index < -0.39 is 11.6 Å². The summed E-state index contributed by atoms with van der Waals surface area (Å²) < 4.78 is 26.6. The third-order valence-corrected chi connectivity index (χ3v) is 5.29. The Hall–Kier alpha value is -2.25. The van der Waals surface area contributed by atoms with Crippen molar-refractivity contribution in [3.63, 3.8) is 0 Å². The minimum Gasteiger partial charge on any atom is -0.274 e. The first-order valence-electron chi connectivity index (χ1n) is 7.42. The van der Waals surface area contributed by atoms with Crippen molar-refractivity contribution in [2.75, 3.05) is 4.90 Å². The molecule has 0 saturated heterocycles. The minimum absolute atomic E-state index is 0.135. The van der Waals surface area contributed by atoms with E-state index >= 15 is 0 Å². The van der Waals surface area contributed by atoms with Gasteiger partial charge in [-0.3, -0.25) is 9.69 Å². The molecule has 0 unspecified atom stereocenters. The number of rotatable bonds is 5. The lowest BCUT2D eigenvalue weighted by atomic mass is 10.3. The van der Waals surface area contributed by atoms with Gasteiger partial charge in [0.05, 0.1) is 11.4 Å². The molecule has 3 nitrogen and oxygen atoms in total. The van der Waals surface area contributed by atoms with Crippen LogP contribution >= 0.6 is 23.1 Å². The van der Waals surface area contributed by atoms with Crippen LogP contribution in [0.3, 0.4) is 0 Å². The van der Waals surface area contributed by atoms with Crippen molar-refractivity contribution in [1.29, 1.82) is 0 Å². The van der Waals surface area contributed by atoms with Gasteiger partial charge in [-0.15, -0.1) is 23.1 Å². The predicted molar refractivity (Wildman–Crippen MR) is 97.3 cm³/mol. The minimum atomic E-state index is -0.599. The topological polar surface area (TPSA) is 33.2 Å². The molecular weight excluding hydrogens is 362 g/mol. The number of hydrogen-bond acceptors (Lipinski definition) is 4. The normalized spacial score (nSPS) is 10.7. The van der Waals surface area contributed by atoms with E-state index in [4.69, 9.17) is 0 Å². The first kappa shape index (κ1) is 17.6. The summed E-state index contributed by atoms with van der Waals surface area (Å²) in [6.07, 6.45) is 0. The Morgan fingerprint density at radius 2 is 1.96 bits per heavy atom. The summed E-state index contributed by atoms with van der Waals surface area (Å²) >= 11 is 2.59. The van der Waals surface area contributed by atoms with Crippen LogP contribution in [0.4, 0.5) is 19.6 Å². The van der Waals surface area contributed by atoms with Crippen LogP contribution in [-0.4, -0.2) is 10.9 Å². The standard InChI is InChI=1S/C18H14F2N2OS2/c1-12(23)22(15-5-3-2-4-6-15)18-21-14(11-25-18)10-24-17-8-7-13(19)9-16(17)20/h2-9,11H,10H2,1H3. The lowest BCUT2D eigenvalue weighted by molar-refractivity contribution is -0.115. The van der Waals surface area contributed by atoms with Gasteiger partial charge in [-0.05, 0) is 24.3 Å². The fourth-order valence-electron chi connectivity index (χ4n) is 2.21. The molecule has 0 radical (unpaired) electrons. The first-order chi connectivity index (χ1) is 12.0. The van der Waals surface area contributed by atoms with Gasteiger partial charge in [-0.2, -0.15) is 0 Å². The molecule has 7 heteroatoms. The zero-order valence-corrected chi connectivity index (χ0v) is 14.9. The Balaban J connectivity index is 1.76. The number of anilines is 2. The summed E-state index contributed by atoms with van der Waals surface area (Å²) in [5.74, 6) is -0.892. The third-order valence-electron chi connectivity index (χ3n) is 3.33. The van der Waals surface area contributed by atoms with E-state index in [2.05, 4.69) is 4.98 Å². The summed E-state index contributed by atoms with van der Waals surface area (Å²) in [4.78, 5) is 18.4. The van der Waals surface area contributed by atoms with Crippen molar-refractivity contribution in [1.82, 2.24) is 4.98 Å². The fraction of sp³-hybridized carbons (Fsp3) is 0.111. The zero-order chi connectivity index (χ0) is 17.8. The Morgan fingerprint density at radius 3 is 2.64 bits per heavy atom. The maximum absolute atomic E-state index is 13.7. The quantitative estimate of drug-likeness (QED) is 0.559. The predicted octanol–water partition coefficient (Wildman–Crippen LogP) is 5.40. The molecule has 128 valence electrons. The Bertz CT molecular complexity index is 884. The van der Waals surface area contributed by atoms with Crippen LogP contribution in [0.5, 0.6) is 0 Å². The average Bonchev–Trinajstić information content (AvgIpc) is 3.03. The highest BCUT2D eigenvalue weighted by molar-refractivity contribution is 7.98. The number of amides is 1. The van der Waals surface area contributed by atoms with E-state index in [1.165, 1.54) is 47.1 Å². The van der Waals surface area contributed by atoms with Crippen LogP contribution in [0.2, 0.25) is 0 Å². The van der Waals surface area contributed by atoms with Gasteiger partial charge in [0, 0.05) is 29.0 Å². The molecule has 0 spiro atoms. The number of thioether (sulfide) groups is 1. The first-order valence-corrected chi connectivity index (χ1v) is 9.29. The van der Waals surface area contributed by atoms with Gasteiger partial charge in [0.1, 0.15) is 11.6 Å². The van der Waals surface area contributed by atoms with E-state index in [1.54, 1.807) is 0 Å². The Labute approximate surface area is 152 Å². The molecule has 3 rings (SSSR count). The molecule has 1 heterocycles. The van der Waals surface area contributed by atoms with Crippen molar-refractivity contribution in [2.45, 2.75) is 17.6 Å². The maximum atomic E-state index is 13.7. The molecule has 0 bridgehead atoms. The molecule has 2 aromatic carbocycles. The molecule has 0 atom stereocenters. The van der Waals surface area contributed by atoms with Crippen LogP contribution in [0.25, 0.3) is 0 Å². The second-order valence-corrected chi connectivity index (χ2v) is 7.03. The molecule has 0 aliphatic heterocycles. The van der Waals surface area contributed by atoms with Gasteiger partial charge in [0.15, 0.2) is 5.13 Å². The number of halogens is 2. The molecule has 0 fully saturated rings. The summed E-state index contributed by atoms with van der Waals surface area (Å²) in [6.45, 7) is 1.48. The van der Waals surface area contributed by atoms with Gasteiger partial charge in [-0.25, -0.2) is 13.8 Å². The number of benzene rings is 2. The van der Waals surface area contributed by atoms with Gasteiger partial charge in [-0.1, -0.05) is 18.2 Å². The van der Waals surface area contributed by atoms with Crippen LogP contribution in [0, 0.1) is 11.6 Å². The van der Waals surface area contributed by atoms with Gasteiger partial charge >= 0.3 is 0 Å². The highest BCUT2D eigenvalue weighted by atomic mass is 32.2. The summed E-state index contributed by atoms with van der Waals surface area (Å²) in [5.41, 5.74) is 1.48. The monoisotopic (exact) mass is 376 g/mol. The summed E-state index contributed by atoms with van der Waals surface area (Å²) in [7, 11) is 0. The lowest BCUT2D eigenvalue weighted by Gasteiger charge is -2.17. The van der Waals surface area contributed by atoms with Crippen LogP contribution in [-0.2, 0) is 10.5 Å². The van der Waals surface area contributed by atoms with Crippen molar-refractivity contribution >= 4 is 39.8 Å². The number of carbonyl (C=O) groups excluding carboxylic acids is 1. The maximum Gasteiger partial charge on any atom is 0.230 e. The molecule has 0 aliphatic carbocycles. The van der Waals surface area contributed by atoms with Crippen molar-refractivity contribution in [3.05, 3.63) is 71.2 Å². The van der Waals surface area contributed by atoms with Crippen LogP contribution < -0.4 is 4.90 Å². The number of nitrogens with zero attached hydrogens (tertiary/aromatic N) is 2. The summed E-state index contributed by atoms with van der Waals surface area (Å²) in [5, 5.41) is 2.40. The van der Waals surface area contributed by atoms with E-state index in [1.807, 2.05) is 35.7 Å². The molecule has 25 heavy (non-hydrogen) atoms. The second kappa shape index (κ2) is 7.76. The third kappa shape index (κ3) is 4.24. The van der Waals surface area contributed by atoms with Crippen LogP contribution in [0.15, 0.2) is 58.8 Å². The average molecular weight is 376 g/mol. The molecule has 3 aromatic rings. The molecule has 0 N–H and O–H groups in total. The summed E-state index contributed by atoms with van der Waals surface area (Å²) in [6, 6.07) is 12.8. The van der Waals surface area contributed by atoms with Crippen molar-refractivity contribution < 1.29 is 13.6 Å². The molecule has 0 aliphatic rings. The highest BCUT2D eigenvalue weighted by Gasteiger charge is 2.17. The van der Waals surface area contributed by atoms with E-state index in [-0.39, 0.29) is 5.91 Å². The molecular formula is C18H14F2N2OS2. The van der Waals surface area contributed by atoms with Gasteiger partial charge < -0.3 is 0 Å². The van der Waals surface area contributed by atoms with Crippen LogP contribution in [0.1, 0.15) is 12.6 Å². The van der Waals surface area contributed by atoms with Crippen molar-refractivity contribution in [3.8, 4) is 0 Å². The lowest BCUT2D eigenvalue weighted by Crippen LogP contribution is -2.22. The van der Waals surface area contributed by atoms with E-state index in [0.717, 1.165) is 17.4 Å². The Morgan fingerprint density at radius 1 is 1.20 bits per heavy atom. The van der Waals surface area contributed by atoms with Gasteiger partial charge in [0.2, 0.25) is 5.91 Å². The van der Waals surface area contributed by atoms with Crippen molar-refractivity contribution in [2.24, 2.45) is 0 Å². The van der Waals surface area contributed by atoms with Gasteiger partial charge in [0.25, 0.3) is 0 Å². The van der Waals surface area contributed by atoms with E-state index in [0.29, 0.717) is 15.8 Å². The number of carbonyl (C=O) groups is 1. The Kier molecular flexibility index (Phi) is 5.45. The molecule has 1 amide bonds. The zero-order valence-electron chi connectivity index (χ0n) is 13.3. The number of para-hydroxylation sites is 1. The van der Waals surface area contributed by atoms with E-state index in [9.17, 15) is 13.6 Å². The second-order valence-electron chi connectivity index (χ2n) is 5.17. The number of aromatic nitrogens is 1. The molecule has 1 aromatic heterocycles. The fourth-order valence-corrected chi connectivity index (χ4v) is 4.02. The molecule has 0 saturated carbocycles. The number of hydrogen-bond donors (Lipinski definition) is 0. The highest BCUT2D eigenvalue weighted by Crippen LogP contribution is 2.31. The largest absolute Gasteiger partial charge is 0.274 e. The number of thiazole rings is 1. The SMILES string of the molecule is CC(=O)N(c1ccccc1)c1nc(CSc2ccc(F)cc2F)cs1.